The number of benzene rings is 1. The second-order valence-electron chi connectivity index (χ2n) is 5.05. The van der Waals surface area contributed by atoms with E-state index in [1.165, 1.54) is 6.07 Å². The fourth-order valence-electron chi connectivity index (χ4n) is 1.99. The third kappa shape index (κ3) is 9.29. The SMILES string of the molecule is O=C([S-])Cc1ccc([N+](=O)[O-])cc1[N+](=O)[O-].OCC[NH+](CCO)CCO. The van der Waals surface area contributed by atoms with Crippen LogP contribution in [0.15, 0.2) is 18.2 Å². The average molecular weight is 391 g/mol. The highest BCUT2D eigenvalue weighted by atomic mass is 32.1. The second-order valence-corrected chi connectivity index (χ2v) is 5.50. The minimum atomic E-state index is -0.777. The van der Waals surface area contributed by atoms with E-state index < -0.39 is 26.3 Å². The number of carbonyl (C=O) groups is 1. The summed E-state index contributed by atoms with van der Waals surface area (Å²) >= 11 is 4.30. The van der Waals surface area contributed by atoms with Crippen LogP contribution in [0.25, 0.3) is 0 Å². The molecule has 0 fully saturated rings. The van der Waals surface area contributed by atoms with Crippen molar-refractivity contribution in [2.75, 3.05) is 39.5 Å². The van der Waals surface area contributed by atoms with Crippen molar-refractivity contribution >= 4 is 29.1 Å². The number of aliphatic hydroxyl groups is 3. The molecule has 0 saturated carbocycles. The van der Waals surface area contributed by atoms with E-state index in [1.807, 2.05) is 0 Å². The molecule has 11 nitrogen and oxygen atoms in total. The molecule has 0 aliphatic rings. The van der Waals surface area contributed by atoms with Crippen LogP contribution in [0.1, 0.15) is 5.56 Å². The van der Waals surface area contributed by atoms with Gasteiger partial charge in [0.05, 0.1) is 35.7 Å². The van der Waals surface area contributed by atoms with Crippen LogP contribution in [0.4, 0.5) is 11.4 Å². The molecule has 0 aliphatic carbocycles. The molecule has 0 aliphatic heterocycles. The van der Waals surface area contributed by atoms with Gasteiger partial charge in [0, 0.05) is 23.2 Å². The van der Waals surface area contributed by atoms with Crippen LogP contribution >= 0.6 is 0 Å². The van der Waals surface area contributed by atoms with Crippen LogP contribution < -0.4 is 4.90 Å². The van der Waals surface area contributed by atoms with E-state index in [0.29, 0.717) is 19.6 Å². The molecule has 26 heavy (non-hydrogen) atoms. The minimum Gasteiger partial charge on any atom is -0.742 e. The minimum absolute atomic E-state index is 0.0793. The predicted molar refractivity (Wildman–Crippen MR) is 92.6 cm³/mol. The summed E-state index contributed by atoms with van der Waals surface area (Å²) in [6, 6.07) is 3.08. The van der Waals surface area contributed by atoms with Gasteiger partial charge in [0.1, 0.15) is 19.6 Å². The molecule has 0 heterocycles. The van der Waals surface area contributed by atoms with E-state index in [1.54, 1.807) is 0 Å². The summed E-state index contributed by atoms with van der Waals surface area (Å²) < 4.78 is 0. The molecule has 0 saturated heterocycles. The Kier molecular flexibility index (Phi) is 11.9. The van der Waals surface area contributed by atoms with Crippen molar-refractivity contribution in [2.45, 2.75) is 6.42 Å². The number of nitrogens with one attached hydrogen (secondary N) is 1. The summed E-state index contributed by atoms with van der Waals surface area (Å²) in [4.78, 5) is 31.2. The van der Waals surface area contributed by atoms with Crippen LogP contribution in [0.3, 0.4) is 0 Å². The van der Waals surface area contributed by atoms with Gasteiger partial charge in [-0.15, -0.1) is 0 Å². The van der Waals surface area contributed by atoms with Gasteiger partial charge >= 0.3 is 0 Å². The smallest absolute Gasteiger partial charge is 0.279 e. The average Bonchev–Trinajstić information content (AvgIpc) is 2.55. The van der Waals surface area contributed by atoms with Crippen LogP contribution in [-0.2, 0) is 23.8 Å². The Labute approximate surface area is 154 Å². The lowest BCUT2D eigenvalue weighted by atomic mass is 10.1. The van der Waals surface area contributed by atoms with Crippen LogP contribution in [0.5, 0.6) is 0 Å². The lowest BCUT2D eigenvalue weighted by Gasteiger charge is -2.15. The number of quaternary nitrogens is 1. The molecule has 0 radical (unpaired) electrons. The number of hydrogen-bond donors (Lipinski definition) is 4. The van der Waals surface area contributed by atoms with Gasteiger partial charge in [0.2, 0.25) is 0 Å². The largest absolute Gasteiger partial charge is 0.742 e. The third-order valence-electron chi connectivity index (χ3n) is 3.21. The molecule has 0 amide bonds. The number of nitro benzene ring substituents is 2. The van der Waals surface area contributed by atoms with Gasteiger partial charge in [-0.05, 0) is 6.07 Å². The Morgan fingerprint density at radius 2 is 1.50 bits per heavy atom. The Morgan fingerprint density at radius 1 is 1.00 bits per heavy atom. The first-order valence-corrected chi connectivity index (χ1v) is 7.95. The molecule has 0 bridgehead atoms. The monoisotopic (exact) mass is 391 g/mol. The van der Waals surface area contributed by atoms with Gasteiger partial charge in [-0.25, -0.2) is 0 Å². The van der Waals surface area contributed by atoms with Crippen LogP contribution in [0, 0.1) is 20.2 Å². The first-order chi connectivity index (χ1) is 12.3. The first kappa shape index (κ1) is 23.8. The van der Waals surface area contributed by atoms with E-state index >= 15 is 0 Å². The Hall–Kier alpha value is -2.25. The molecule has 1 aromatic carbocycles. The van der Waals surface area contributed by atoms with Gasteiger partial charge in [-0.2, -0.15) is 0 Å². The van der Waals surface area contributed by atoms with E-state index in [4.69, 9.17) is 15.3 Å². The lowest BCUT2D eigenvalue weighted by Crippen LogP contribution is -3.13. The molecule has 0 spiro atoms. The van der Waals surface area contributed by atoms with E-state index in [0.717, 1.165) is 17.0 Å². The summed E-state index contributed by atoms with van der Waals surface area (Å²) in [7, 11) is 0. The molecular formula is C14H21N3O8S. The summed E-state index contributed by atoms with van der Waals surface area (Å²) in [6.45, 7) is 2.11. The number of rotatable bonds is 10. The Bertz CT molecular complexity index is 600. The predicted octanol–water partition coefficient (Wildman–Crippen LogP) is -2.03. The van der Waals surface area contributed by atoms with Gasteiger partial charge in [-0.3, -0.25) is 20.2 Å². The summed E-state index contributed by atoms with van der Waals surface area (Å²) in [5.41, 5.74) is -0.782. The number of carbonyl (C=O) groups excluding carboxylic acids is 1. The molecular weight excluding hydrogens is 370 g/mol. The molecule has 0 unspecified atom stereocenters. The molecule has 1 rings (SSSR count). The Morgan fingerprint density at radius 3 is 1.85 bits per heavy atom. The normalized spacial score (nSPS) is 10.2. The van der Waals surface area contributed by atoms with Crippen molar-refractivity contribution in [2.24, 2.45) is 0 Å². The number of hydrogen-bond acceptors (Lipinski definition) is 9. The summed E-state index contributed by atoms with van der Waals surface area (Å²) in [5.74, 6) is 0. The fourth-order valence-corrected chi connectivity index (χ4v) is 2.15. The zero-order chi connectivity index (χ0) is 20.1. The molecule has 4 N–H and O–H groups in total. The molecule has 1 aromatic rings. The van der Waals surface area contributed by atoms with E-state index in [2.05, 4.69) is 12.6 Å². The highest BCUT2D eigenvalue weighted by Crippen LogP contribution is 2.24. The van der Waals surface area contributed by atoms with Crippen molar-refractivity contribution in [3.63, 3.8) is 0 Å². The van der Waals surface area contributed by atoms with Gasteiger partial charge in [0.25, 0.3) is 11.4 Å². The number of aliphatic hydroxyl groups excluding tert-OH is 3. The number of nitro groups is 2. The van der Waals surface area contributed by atoms with E-state index in [-0.39, 0.29) is 31.8 Å². The second kappa shape index (κ2) is 13.0. The quantitative estimate of drug-likeness (QED) is 0.199. The topological polar surface area (TPSA) is 168 Å². The van der Waals surface area contributed by atoms with Crippen LogP contribution in [-0.4, -0.2) is 69.7 Å². The van der Waals surface area contributed by atoms with Crippen molar-refractivity contribution in [3.8, 4) is 0 Å². The summed E-state index contributed by atoms with van der Waals surface area (Å²) in [5, 5.41) is 45.9. The molecule has 12 heteroatoms. The van der Waals surface area contributed by atoms with Gasteiger partial charge < -0.3 is 37.6 Å². The fraction of sp³-hybridized carbons (Fsp3) is 0.500. The number of nitrogens with zero attached hydrogens (tertiary/aromatic N) is 2. The third-order valence-corrected chi connectivity index (χ3v) is 3.35. The molecule has 146 valence electrons. The number of non-ortho nitro benzene ring substituents is 1. The van der Waals surface area contributed by atoms with Gasteiger partial charge in [0.15, 0.2) is 0 Å². The van der Waals surface area contributed by atoms with Crippen molar-refractivity contribution in [1.29, 1.82) is 0 Å². The maximum absolute atomic E-state index is 10.7. The summed E-state index contributed by atoms with van der Waals surface area (Å²) in [6.07, 6.45) is -0.288. The standard InChI is InChI=1S/C8H6N2O5S.C6H15NO3/c11-8(16)3-5-1-2-6(9(12)13)4-7(5)10(14)15;8-4-1-7(2-5-9)3-6-10/h1-2,4H,3H2,(H,11,16);8-10H,1-6H2. The Balaban J connectivity index is 0.000000541. The van der Waals surface area contributed by atoms with Crippen molar-refractivity contribution in [3.05, 3.63) is 44.0 Å². The maximum Gasteiger partial charge on any atom is 0.279 e. The molecule has 0 aromatic heterocycles. The zero-order valence-electron chi connectivity index (χ0n) is 13.9. The highest BCUT2D eigenvalue weighted by Gasteiger charge is 2.18. The first-order valence-electron chi connectivity index (χ1n) is 7.54. The van der Waals surface area contributed by atoms with Crippen molar-refractivity contribution < 1.29 is 34.9 Å². The van der Waals surface area contributed by atoms with Crippen molar-refractivity contribution in [1.82, 2.24) is 0 Å². The van der Waals surface area contributed by atoms with E-state index in [9.17, 15) is 25.0 Å². The maximum atomic E-state index is 10.7. The lowest BCUT2D eigenvalue weighted by molar-refractivity contribution is -0.901. The highest BCUT2D eigenvalue weighted by molar-refractivity contribution is 7.77. The molecule has 0 atom stereocenters. The van der Waals surface area contributed by atoms with Gasteiger partial charge in [-0.1, -0.05) is 0 Å². The zero-order valence-corrected chi connectivity index (χ0v) is 14.7. The van der Waals surface area contributed by atoms with Crippen LogP contribution in [0.2, 0.25) is 0 Å².